The van der Waals surface area contributed by atoms with E-state index in [0.29, 0.717) is 6.54 Å². The zero-order valence-corrected chi connectivity index (χ0v) is 9.94. The number of nitrogens with one attached hydrogen (secondary N) is 1. The third kappa shape index (κ3) is 3.37. The van der Waals surface area contributed by atoms with E-state index in [1.807, 2.05) is 30.3 Å². The first-order valence-electron chi connectivity index (χ1n) is 5.23. The molecule has 0 spiro atoms. The molecule has 2 rings (SSSR count). The van der Waals surface area contributed by atoms with Crippen molar-refractivity contribution in [3.63, 3.8) is 0 Å². The summed E-state index contributed by atoms with van der Waals surface area (Å²) in [6.45, 7) is 1.43. The van der Waals surface area contributed by atoms with Gasteiger partial charge in [0.1, 0.15) is 0 Å². The van der Waals surface area contributed by atoms with Crippen LogP contribution in [0.15, 0.2) is 42.5 Å². The minimum Gasteiger partial charge on any atom is -0.308 e. The molecule has 0 unspecified atom stereocenters. The molecule has 0 radical (unpaired) electrons. The summed E-state index contributed by atoms with van der Waals surface area (Å²) in [4.78, 5) is 11.1. The van der Waals surface area contributed by atoms with Gasteiger partial charge >= 0.3 is 5.00 Å². The lowest BCUT2D eigenvalue weighted by Crippen LogP contribution is -2.11. The lowest BCUT2D eigenvalue weighted by Gasteiger charge is -2.02. The van der Waals surface area contributed by atoms with Gasteiger partial charge in [0, 0.05) is 24.0 Å². The summed E-state index contributed by atoms with van der Waals surface area (Å²) in [5, 5.41) is 14.0. The van der Waals surface area contributed by atoms with Crippen molar-refractivity contribution in [2.75, 3.05) is 0 Å². The molecule has 1 N–H and O–H groups in total. The van der Waals surface area contributed by atoms with Crippen molar-refractivity contribution < 1.29 is 4.92 Å². The van der Waals surface area contributed by atoms with Crippen molar-refractivity contribution in [3.05, 3.63) is 63.0 Å². The molecule has 0 bridgehead atoms. The van der Waals surface area contributed by atoms with Crippen LogP contribution < -0.4 is 5.32 Å². The topological polar surface area (TPSA) is 55.2 Å². The molecule has 1 aromatic carbocycles. The maximum atomic E-state index is 10.5. The maximum Gasteiger partial charge on any atom is 0.324 e. The Labute approximate surface area is 103 Å². The maximum absolute atomic E-state index is 10.5. The Morgan fingerprint density at radius 3 is 2.53 bits per heavy atom. The number of thiophene rings is 1. The Bertz CT molecular complexity index is 496. The van der Waals surface area contributed by atoms with Crippen LogP contribution in [0.25, 0.3) is 0 Å². The Morgan fingerprint density at radius 2 is 1.88 bits per heavy atom. The van der Waals surface area contributed by atoms with Gasteiger partial charge in [-0.3, -0.25) is 10.1 Å². The average molecular weight is 248 g/mol. The Kier molecular flexibility index (Phi) is 3.85. The van der Waals surface area contributed by atoms with E-state index in [-0.39, 0.29) is 9.92 Å². The minimum atomic E-state index is -0.356. The van der Waals surface area contributed by atoms with Crippen LogP contribution in [0.2, 0.25) is 0 Å². The molecule has 4 nitrogen and oxygen atoms in total. The van der Waals surface area contributed by atoms with Crippen LogP contribution in [-0.4, -0.2) is 4.92 Å². The fourth-order valence-electron chi connectivity index (χ4n) is 1.49. The molecule has 0 fully saturated rings. The fraction of sp³-hybridized carbons (Fsp3) is 0.167. The van der Waals surface area contributed by atoms with Crippen LogP contribution in [0.4, 0.5) is 5.00 Å². The SMILES string of the molecule is O=[N+]([O-])c1ccc(CNCc2ccccc2)s1. The molecular formula is C12H12N2O2S. The van der Waals surface area contributed by atoms with Crippen molar-refractivity contribution >= 4 is 16.3 Å². The van der Waals surface area contributed by atoms with Gasteiger partial charge in [0.2, 0.25) is 0 Å². The zero-order chi connectivity index (χ0) is 12.1. The summed E-state index contributed by atoms with van der Waals surface area (Å²) in [6, 6.07) is 13.4. The zero-order valence-electron chi connectivity index (χ0n) is 9.13. The van der Waals surface area contributed by atoms with Crippen molar-refractivity contribution in [2.45, 2.75) is 13.1 Å². The summed E-state index contributed by atoms with van der Waals surface area (Å²) < 4.78 is 0. The number of nitro groups is 1. The third-order valence-corrected chi connectivity index (χ3v) is 3.34. The smallest absolute Gasteiger partial charge is 0.308 e. The molecular weight excluding hydrogens is 236 g/mol. The molecule has 0 amide bonds. The summed E-state index contributed by atoms with van der Waals surface area (Å²) in [5.74, 6) is 0. The molecule has 88 valence electrons. The van der Waals surface area contributed by atoms with E-state index in [2.05, 4.69) is 5.32 Å². The highest BCUT2D eigenvalue weighted by Crippen LogP contribution is 2.23. The predicted molar refractivity (Wildman–Crippen MR) is 68.0 cm³/mol. The largest absolute Gasteiger partial charge is 0.324 e. The molecule has 0 aliphatic carbocycles. The highest BCUT2D eigenvalue weighted by Gasteiger charge is 2.08. The van der Waals surface area contributed by atoms with E-state index in [9.17, 15) is 10.1 Å². The van der Waals surface area contributed by atoms with E-state index in [1.165, 1.54) is 16.9 Å². The van der Waals surface area contributed by atoms with Gasteiger partial charge in [-0.2, -0.15) is 0 Å². The fourth-order valence-corrected chi connectivity index (χ4v) is 2.28. The van der Waals surface area contributed by atoms with Gasteiger partial charge < -0.3 is 5.32 Å². The predicted octanol–water partition coefficient (Wildman–Crippen LogP) is 2.95. The molecule has 5 heteroatoms. The second-order valence-electron chi connectivity index (χ2n) is 3.59. The van der Waals surface area contributed by atoms with Crippen LogP contribution in [0.3, 0.4) is 0 Å². The lowest BCUT2D eigenvalue weighted by atomic mass is 10.2. The van der Waals surface area contributed by atoms with E-state index in [1.54, 1.807) is 12.1 Å². The summed E-state index contributed by atoms with van der Waals surface area (Å²) in [5.41, 5.74) is 1.21. The summed E-state index contributed by atoms with van der Waals surface area (Å²) in [7, 11) is 0. The van der Waals surface area contributed by atoms with E-state index in [4.69, 9.17) is 0 Å². The van der Waals surface area contributed by atoms with E-state index >= 15 is 0 Å². The molecule has 1 heterocycles. The summed E-state index contributed by atoms with van der Waals surface area (Å²) >= 11 is 1.21. The second-order valence-corrected chi connectivity index (χ2v) is 4.73. The number of nitrogens with zero attached hydrogens (tertiary/aromatic N) is 1. The van der Waals surface area contributed by atoms with Crippen LogP contribution in [0.1, 0.15) is 10.4 Å². The number of hydrogen-bond acceptors (Lipinski definition) is 4. The summed E-state index contributed by atoms with van der Waals surface area (Å²) in [6.07, 6.45) is 0. The van der Waals surface area contributed by atoms with Crippen molar-refractivity contribution in [2.24, 2.45) is 0 Å². The van der Waals surface area contributed by atoms with Gasteiger partial charge in [-0.05, 0) is 11.6 Å². The van der Waals surface area contributed by atoms with Gasteiger partial charge in [0.15, 0.2) is 0 Å². The van der Waals surface area contributed by atoms with Crippen LogP contribution in [0.5, 0.6) is 0 Å². The molecule has 0 atom stereocenters. The quantitative estimate of drug-likeness (QED) is 0.653. The molecule has 0 saturated carbocycles. The van der Waals surface area contributed by atoms with Gasteiger partial charge in [0.25, 0.3) is 0 Å². The number of rotatable bonds is 5. The first kappa shape index (κ1) is 11.8. The molecule has 2 aromatic rings. The van der Waals surface area contributed by atoms with Crippen molar-refractivity contribution in [1.82, 2.24) is 5.32 Å². The monoisotopic (exact) mass is 248 g/mol. The Balaban J connectivity index is 1.84. The Hall–Kier alpha value is -1.72. The van der Waals surface area contributed by atoms with Gasteiger partial charge in [-0.1, -0.05) is 41.7 Å². The highest BCUT2D eigenvalue weighted by atomic mass is 32.1. The normalized spacial score (nSPS) is 10.4. The van der Waals surface area contributed by atoms with Crippen LogP contribution >= 0.6 is 11.3 Å². The van der Waals surface area contributed by atoms with E-state index < -0.39 is 0 Å². The molecule has 17 heavy (non-hydrogen) atoms. The minimum absolute atomic E-state index is 0.196. The van der Waals surface area contributed by atoms with Crippen LogP contribution in [-0.2, 0) is 13.1 Å². The standard InChI is InChI=1S/C12H12N2O2S/c15-14(16)12-7-6-11(17-12)9-13-8-10-4-2-1-3-5-10/h1-7,13H,8-9H2. The highest BCUT2D eigenvalue weighted by molar-refractivity contribution is 7.15. The van der Waals surface area contributed by atoms with Crippen molar-refractivity contribution in [3.8, 4) is 0 Å². The van der Waals surface area contributed by atoms with Gasteiger partial charge in [-0.15, -0.1) is 0 Å². The lowest BCUT2D eigenvalue weighted by molar-refractivity contribution is -0.380. The number of hydrogen-bond donors (Lipinski definition) is 1. The average Bonchev–Trinajstić information content (AvgIpc) is 2.79. The van der Waals surface area contributed by atoms with Gasteiger partial charge in [0.05, 0.1) is 4.92 Å². The molecule has 0 aliphatic heterocycles. The first-order valence-corrected chi connectivity index (χ1v) is 6.05. The van der Waals surface area contributed by atoms with E-state index in [0.717, 1.165) is 11.4 Å². The Morgan fingerprint density at radius 1 is 1.12 bits per heavy atom. The van der Waals surface area contributed by atoms with Crippen LogP contribution in [0, 0.1) is 10.1 Å². The number of benzene rings is 1. The van der Waals surface area contributed by atoms with Gasteiger partial charge in [-0.25, -0.2) is 0 Å². The molecule has 1 aromatic heterocycles. The molecule has 0 saturated heterocycles. The first-order chi connectivity index (χ1) is 8.25. The third-order valence-electron chi connectivity index (χ3n) is 2.30. The second kappa shape index (κ2) is 5.56. The van der Waals surface area contributed by atoms with Crippen molar-refractivity contribution in [1.29, 1.82) is 0 Å². The molecule has 0 aliphatic rings.